The Morgan fingerprint density at radius 2 is 2.09 bits per heavy atom. The summed E-state index contributed by atoms with van der Waals surface area (Å²) >= 11 is 1.22. The standard InChI is InChI=1S/C25H31N5O3S/c1-6-9-18-15-33-21(28-18)19(13-26)23-30(7-2)22(31)20(34-23)14-27-16-10-8-11-17(12-16)29-24(32)25(3,4)5/h8,10-12,14,18,27H,6-7,9,15H2,1-5H3,(H,29,32)/b20-14+,23-19-. The number of nitrogens with one attached hydrogen (secondary N) is 2. The Hall–Kier alpha value is -3.38. The Morgan fingerprint density at radius 1 is 1.35 bits per heavy atom. The van der Waals surface area contributed by atoms with Crippen molar-refractivity contribution in [1.82, 2.24) is 4.57 Å². The summed E-state index contributed by atoms with van der Waals surface area (Å²) in [7, 11) is 0. The van der Waals surface area contributed by atoms with Crippen LogP contribution in [0, 0.1) is 16.7 Å². The van der Waals surface area contributed by atoms with E-state index < -0.39 is 5.41 Å². The summed E-state index contributed by atoms with van der Waals surface area (Å²) < 4.78 is 8.25. The first-order valence-corrected chi connectivity index (χ1v) is 12.2. The van der Waals surface area contributed by atoms with Gasteiger partial charge in [-0.2, -0.15) is 5.26 Å². The molecule has 8 nitrogen and oxygen atoms in total. The molecule has 1 atom stereocenters. The molecule has 1 aliphatic rings. The first kappa shape index (κ1) is 25.2. The Bertz CT molecular complexity index is 1310. The fourth-order valence-electron chi connectivity index (χ4n) is 3.37. The van der Waals surface area contributed by atoms with Crippen LogP contribution in [0.25, 0.3) is 11.8 Å². The fraction of sp³-hybridized carbons (Fsp3) is 0.440. The second kappa shape index (κ2) is 10.7. The number of benzene rings is 1. The van der Waals surface area contributed by atoms with Crippen LogP contribution in [0.1, 0.15) is 47.5 Å². The Labute approximate surface area is 203 Å². The summed E-state index contributed by atoms with van der Waals surface area (Å²) in [6.45, 7) is 10.4. The van der Waals surface area contributed by atoms with Crippen LogP contribution < -0.4 is 25.4 Å². The molecule has 9 heteroatoms. The van der Waals surface area contributed by atoms with Gasteiger partial charge in [-0.15, -0.1) is 11.3 Å². The first-order valence-electron chi connectivity index (χ1n) is 11.4. The highest BCUT2D eigenvalue weighted by Crippen LogP contribution is 2.20. The van der Waals surface area contributed by atoms with Gasteiger partial charge in [0.25, 0.3) is 5.56 Å². The van der Waals surface area contributed by atoms with Gasteiger partial charge in [0.15, 0.2) is 0 Å². The number of ether oxygens (including phenoxy) is 1. The molecule has 0 saturated carbocycles. The van der Waals surface area contributed by atoms with Crippen LogP contribution in [-0.2, 0) is 16.1 Å². The summed E-state index contributed by atoms with van der Waals surface area (Å²) in [5.74, 6) is 0.228. The molecule has 2 aromatic rings. The van der Waals surface area contributed by atoms with Crippen LogP contribution in [-0.4, -0.2) is 29.0 Å². The number of hydrogen-bond donors (Lipinski definition) is 2. The Balaban J connectivity index is 1.95. The van der Waals surface area contributed by atoms with E-state index in [0.717, 1.165) is 18.5 Å². The van der Waals surface area contributed by atoms with Gasteiger partial charge in [0.05, 0.1) is 6.04 Å². The fourth-order valence-corrected chi connectivity index (χ4v) is 4.45. The molecule has 34 heavy (non-hydrogen) atoms. The number of aliphatic imine (C=N–C) groups is 1. The number of amides is 1. The first-order chi connectivity index (χ1) is 16.2. The molecule has 1 amide bonds. The van der Waals surface area contributed by atoms with E-state index in [4.69, 9.17) is 4.74 Å². The lowest BCUT2D eigenvalue weighted by atomic mass is 9.95. The average molecular weight is 482 g/mol. The van der Waals surface area contributed by atoms with Crippen molar-refractivity contribution in [2.24, 2.45) is 10.4 Å². The van der Waals surface area contributed by atoms with Gasteiger partial charge in [0.2, 0.25) is 11.8 Å². The SMILES string of the molecule is CCCC1COC(/C(C#N)=c2\s/c(=C/Nc3cccc(NC(=O)C(C)(C)C)c3)c(=O)n2CC)=N1. The van der Waals surface area contributed by atoms with E-state index in [0.29, 0.717) is 33.9 Å². The maximum atomic E-state index is 13.0. The molecule has 1 aliphatic heterocycles. The molecular formula is C25H31N5O3S. The topological polar surface area (TPSA) is 109 Å². The van der Waals surface area contributed by atoms with Gasteiger partial charge in [0, 0.05) is 29.5 Å². The minimum atomic E-state index is -0.507. The quantitative estimate of drug-likeness (QED) is 0.632. The highest BCUT2D eigenvalue weighted by atomic mass is 32.1. The zero-order valence-electron chi connectivity index (χ0n) is 20.3. The number of carbonyl (C=O) groups excluding carboxylic acids is 1. The van der Waals surface area contributed by atoms with Gasteiger partial charge < -0.3 is 15.4 Å². The lowest BCUT2D eigenvalue weighted by Crippen LogP contribution is -2.32. The summed E-state index contributed by atoms with van der Waals surface area (Å²) in [6, 6.07) is 9.51. The van der Waals surface area contributed by atoms with Gasteiger partial charge in [-0.05, 0) is 31.5 Å². The van der Waals surface area contributed by atoms with Crippen LogP contribution in [0.15, 0.2) is 34.1 Å². The van der Waals surface area contributed by atoms with Crippen LogP contribution in [0.2, 0.25) is 0 Å². The number of hydrogen-bond acceptors (Lipinski definition) is 7. The summed E-state index contributed by atoms with van der Waals surface area (Å²) in [4.78, 5) is 29.8. The largest absolute Gasteiger partial charge is 0.475 e. The molecule has 1 aromatic heterocycles. The molecule has 2 N–H and O–H groups in total. The number of aromatic nitrogens is 1. The van der Waals surface area contributed by atoms with Crippen molar-refractivity contribution >= 4 is 46.3 Å². The number of anilines is 2. The molecule has 2 heterocycles. The summed E-state index contributed by atoms with van der Waals surface area (Å²) in [5, 5.41) is 15.9. The van der Waals surface area contributed by atoms with Crippen LogP contribution in [0.4, 0.5) is 11.4 Å². The van der Waals surface area contributed by atoms with Crippen molar-refractivity contribution in [2.75, 3.05) is 17.2 Å². The number of carbonyl (C=O) groups is 1. The van der Waals surface area contributed by atoms with E-state index in [1.807, 2.05) is 45.9 Å². The minimum absolute atomic E-state index is 0.0452. The number of nitriles is 1. The maximum Gasteiger partial charge on any atom is 0.270 e. The molecule has 0 radical (unpaired) electrons. The van der Waals surface area contributed by atoms with E-state index in [1.165, 1.54) is 11.3 Å². The number of rotatable bonds is 7. The molecule has 0 bridgehead atoms. The lowest BCUT2D eigenvalue weighted by Gasteiger charge is -2.18. The van der Waals surface area contributed by atoms with E-state index >= 15 is 0 Å². The number of nitrogens with zero attached hydrogens (tertiary/aromatic N) is 3. The molecule has 0 saturated heterocycles. The maximum absolute atomic E-state index is 13.0. The molecule has 3 rings (SSSR count). The molecular weight excluding hydrogens is 450 g/mol. The predicted molar refractivity (Wildman–Crippen MR) is 137 cm³/mol. The molecule has 1 unspecified atom stereocenters. The Morgan fingerprint density at radius 3 is 2.74 bits per heavy atom. The molecule has 1 aromatic carbocycles. The van der Waals surface area contributed by atoms with Gasteiger partial charge in [-0.1, -0.05) is 40.2 Å². The molecule has 0 spiro atoms. The van der Waals surface area contributed by atoms with Crippen molar-refractivity contribution in [3.8, 4) is 6.07 Å². The third-order valence-electron chi connectivity index (χ3n) is 5.27. The highest BCUT2D eigenvalue weighted by Gasteiger charge is 2.23. The van der Waals surface area contributed by atoms with Crippen LogP contribution in [0.5, 0.6) is 0 Å². The van der Waals surface area contributed by atoms with Crippen molar-refractivity contribution in [3.63, 3.8) is 0 Å². The second-order valence-corrected chi connectivity index (χ2v) is 10.1. The van der Waals surface area contributed by atoms with E-state index in [2.05, 4.69) is 28.6 Å². The van der Waals surface area contributed by atoms with Gasteiger partial charge in [-0.3, -0.25) is 14.2 Å². The normalized spacial score (nSPS) is 17.0. The lowest BCUT2D eigenvalue weighted by molar-refractivity contribution is -0.123. The van der Waals surface area contributed by atoms with Crippen LogP contribution >= 0.6 is 11.3 Å². The molecule has 0 fully saturated rings. The zero-order chi connectivity index (χ0) is 24.9. The van der Waals surface area contributed by atoms with Crippen LogP contribution in [0.3, 0.4) is 0 Å². The summed E-state index contributed by atoms with van der Waals surface area (Å²) in [5.41, 5.74) is 0.971. The highest BCUT2D eigenvalue weighted by molar-refractivity contribution is 7.07. The van der Waals surface area contributed by atoms with Crippen molar-refractivity contribution < 1.29 is 9.53 Å². The second-order valence-electron chi connectivity index (χ2n) is 9.07. The van der Waals surface area contributed by atoms with E-state index in [9.17, 15) is 14.9 Å². The van der Waals surface area contributed by atoms with Crippen molar-refractivity contribution in [3.05, 3.63) is 43.8 Å². The molecule has 0 aliphatic carbocycles. The third kappa shape index (κ3) is 5.75. The zero-order valence-corrected chi connectivity index (χ0v) is 21.1. The van der Waals surface area contributed by atoms with Crippen molar-refractivity contribution in [1.29, 1.82) is 5.26 Å². The van der Waals surface area contributed by atoms with Gasteiger partial charge >= 0.3 is 0 Å². The Kier molecular flexibility index (Phi) is 7.94. The average Bonchev–Trinajstić information content (AvgIpc) is 3.37. The molecule has 180 valence electrons. The summed E-state index contributed by atoms with van der Waals surface area (Å²) in [6.07, 6.45) is 3.50. The number of thiazole rings is 1. The third-order valence-corrected chi connectivity index (χ3v) is 6.40. The monoisotopic (exact) mass is 481 g/mol. The van der Waals surface area contributed by atoms with Gasteiger partial charge in [0.1, 0.15) is 27.4 Å². The smallest absolute Gasteiger partial charge is 0.270 e. The van der Waals surface area contributed by atoms with Gasteiger partial charge in [-0.25, -0.2) is 4.99 Å². The van der Waals surface area contributed by atoms with Crippen molar-refractivity contribution in [2.45, 2.75) is 60.0 Å². The minimum Gasteiger partial charge on any atom is -0.475 e. The predicted octanol–water partition coefficient (Wildman–Crippen LogP) is 3.04. The van der Waals surface area contributed by atoms with E-state index in [-0.39, 0.29) is 23.1 Å². The van der Waals surface area contributed by atoms with E-state index in [1.54, 1.807) is 16.8 Å².